The summed E-state index contributed by atoms with van der Waals surface area (Å²) in [6, 6.07) is 0. The van der Waals surface area contributed by atoms with Crippen LogP contribution in [0, 0.1) is 0 Å². The average Bonchev–Trinajstić information content (AvgIpc) is 2.19. The topological polar surface area (TPSA) is 18.5 Å². The summed E-state index contributed by atoms with van der Waals surface area (Å²) in [7, 11) is 2.15. The fourth-order valence-corrected chi connectivity index (χ4v) is 2.14. The smallest absolute Gasteiger partial charge is 0.101 e. The van der Waals surface area contributed by atoms with Gasteiger partial charge in [-0.1, -0.05) is 6.08 Å². The van der Waals surface area contributed by atoms with Gasteiger partial charge in [-0.25, -0.2) is 0 Å². The summed E-state index contributed by atoms with van der Waals surface area (Å²) in [6.45, 7) is 6.65. The fraction of sp³-hybridized carbons (Fsp3) is 0.636. The van der Waals surface area contributed by atoms with Gasteiger partial charge in [0.2, 0.25) is 0 Å². The third kappa shape index (κ3) is 1.99. The fourth-order valence-electron chi connectivity index (χ4n) is 2.14. The van der Waals surface area contributed by atoms with E-state index in [1.807, 2.05) is 0 Å². The van der Waals surface area contributed by atoms with Crippen molar-refractivity contribution >= 4 is 0 Å². The lowest BCUT2D eigenvalue weighted by molar-refractivity contribution is 0.113. The number of piperazine rings is 1. The molecule has 0 aromatic rings. The Kier molecular flexibility index (Phi) is 2.89. The van der Waals surface area contributed by atoms with E-state index in [-0.39, 0.29) is 0 Å². The van der Waals surface area contributed by atoms with Gasteiger partial charge in [-0.3, -0.25) is 4.90 Å². The maximum atomic E-state index is 3.38. The number of rotatable bonds is 1. The van der Waals surface area contributed by atoms with E-state index in [0.29, 0.717) is 6.17 Å². The van der Waals surface area contributed by atoms with E-state index in [2.05, 4.69) is 47.4 Å². The molecule has 0 aromatic heterocycles. The number of nitrogens with one attached hydrogen (secondary N) is 1. The molecule has 2 heterocycles. The van der Waals surface area contributed by atoms with Crippen LogP contribution in [0.15, 0.2) is 23.9 Å². The molecule has 2 aliphatic heterocycles. The van der Waals surface area contributed by atoms with Gasteiger partial charge in [-0.15, -0.1) is 0 Å². The Bertz CT molecular complexity index is 251. The highest BCUT2D eigenvalue weighted by Gasteiger charge is 2.21. The molecule has 1 saturated heterocycles. The summed E-state index contributed by atoms with van der Waals surface area (Å²) in [6.07, 6.45) is 7.18. The number of hydrogen-bond acceptors (Lipinski definition) is 3. The predicted octanol–water partition coefficient (Wildman–Crippen LogP) is 0.623. The number of allylic oxidation sites excluding steroid dienone is 2. The third-order valence-corrected chi connectivity index (χ3v) is 2.88. The maximum Gasteiger partial charge on any atom is 0.101 e. The summed E-state index contributed by atoms with van der Waals surface area (Å²) < 4.78 is 0. The predicted molar refractivity (Wildman–Crippen MR) is 58.9 cm³/mol. The van der Waals surface area contributed by atoms with Crippen molar-refractivity contribution in [3.8, 4) is 0 Å². The number of likely N-dealkylation sites (N-methyl/N-ethyl adjacent to an activating group) is 1. The minimum Gasteiger partial charge on any atom is -0.361 e. The van der Waals surface area contributed by atoms with E-state index >= 15 is 0 Å². The molecule has 78 valence electrons. The summed E-state index contributed by atoms with van der Waals surface area (Å²) in [5.41, 5.74) is 1.33. The first-order valence-electron chi connectivity index (χ1n) is 5.31. The Morgan fingerprint density at radius 2 is 2.07 bits per heavy atom. The summed E-state index contributed by atoms with van der Waals surface area (Å²) in [4.78, 5) is 4.80. The van der Waals surface area contributed by atoms with Gasteiger partial charge < -0.3 is 10.2 Å². The van der Waals surface area contributed by atoms with Gasteiger partial charge in [-0.05, 0) is 18.6 Å². The molecular formula is C11H19N3. The van der Waals surface area contributed by atoms with Gasteiger partial charge in [0.05, 0.1) is 0 Å². The molecule has 0 aromatic carbocycles. The van der Waals surface area contributed by atoms with Crippen LogP contribution < -0.4 is 5.32 Å². The molecule has 0 spiro atoms. The van der Waals surface area contributed by atoms with Crippen molar-refractivity contribution in [2.75, 3.05) is 33.2 Å². The highest BCUT2D eigenvalue weighted by molar-refractivity contribution is 5.21. The van der Waals surface area contributed by atoms with Crippen molar-refractivity contribution in [3.05, 3.63) is 23.9 Å². The molecule has 0 saturated carbocycles. The third-order valence-electron chi connectivity index (χ3n) is 2.88. The Morgan fingerprint density at radius 1 is 1.36 bits per heavy atom. The molecule has 1 fully saturated rings. The monoisotopic (exact) mass is 193 g/mol. The number of nitrogens with zero attached hydrogens (tertiary/aromatic N) is 2. The van der Waals surface area contributed by atoms with Crippen LogP contribution in [0.5, 0.6) is 0 Å². The first kappa shape index (κ1) is 9.74. The van der Waals surface area contributed by atoms with Crippen LogP contribution in [-0.4, -0.2) is 49.2 Å². The second-order valence-corrected chi connectivity index (χ2v) is 4.10. The van der Waals surface area contributed by atoms with E-state index in [1.165, 1.54) is 5.57 Å². The molecule has 0 amide bonds. The summed E-state index contributed by atoms with van der Waals surface area (Å²) in [5, 5.41) is 3.38. The minimum absolute atomic E-state index is 0.459. The lowest BCUT2D eigenvalue weighted by Crippen LogP contribution is -2.52. The molecule has 1 atom stereocenters. The lowest BCUT2D eigenvalue weighted by atomic mass is 10.2. The molecule has 0 radical (unpaired) electrons. The van der Waals surface area contributed by atoms with Crippen LogP contribution in [0.1, 0.15) is 6.92 Å². The lowest BCUT2D eigenvalue weighted by Gasteiger charge is -2.39. The van der Waals surface area contributed by atoms with Crippen LogP contribution in [0.25, 0.3) is 0 Å². The molecule has 14 heavy (non-hydrogen) atoms. The number of hydrogen-bond donors (Lipinski definition) is 1. The SMILES string of the molecule is CC1=CN(C)C(N2CCNCC2)C=C1. The summed E-state index contributed by atoms with van der Waals surface area (Å²) in [5.74, 6) is 0. The van der Waals surface area contributed by atoms with Gasteiger partial charge in [-0.2, -0.15) is 0 Å². The van der Waals surface area contributed by atoms with Crippen LogP contribution in [0.3, 0.4) is 0 Å². The van der Waals surface area contributed by atoms with Crippen LogP contribution in [0.2, 0.25) is 0 Å². The Labute approximate surface area is 86.1 Å². The van der Waals surface area contributed by atoms with Crippen molar-refractivity contribution in [1.82, 2.24) is 15.1 Å². The quantitative estimate of drug-likeness (QED) is 0.659. The van der Waals surface area contributed by atoms with Gasteiger partial charge in [0, 0.05) is 39.4 Å². The van der Waals surface area contributed by atoms with Crippen molar-refractivity contribution in [3.63, 3.8) is 0 Å². The Balaban J connectivity index is 2.01. The molecule has 0 bridgehead atoms. The van der Waals surface area contributed by atoms with Gasteiger partial charge in [0.25, 0.3) is 0 Å². The van der Waals surface area contributed by atoms with Crippen LogP contribution in [-0.2, 0) is 0 Å². The second kappa shape index (κ2) is 4.15. The van der Waals surface area contributed by atoms with Crippen molar-refractivity contribution in [1.29, 1.82) is 0 Å². The molecule has 3 heteroatoms. The molecule has 2 aliphatic rings. The highest BCUT2D eigenvalue weighted by atomic mass is 15.3. The zero-order valence-corrected chi connectivity index (χ0v) is 9.03. The van der Waals surface area contributed by atoms with Crippen molar-refractivity contribution in [2.45, 2.75) is 13.1 Å². The first-order valence-corrected chi connectivity index (χ1v) is 5.31. The molecule has 1 unspecified atom stereocenters. The second-order valence-electron chi connectivity index (χ2n) is 4.10. The van der Waals surface area contributed by atoms with Crippen molar-refractivity contribution < 1.29 is 0 Å². The zero-order chi connectivity index (χ0) is 9.97. The van der Waals surface area contributed by atoms with Gasteiger partial charge in [0.1, 0.15) is 6.17 Å². The molecular weight excluding hydrogens is 174 g/mol. The summed E-state index contributed by atoms with van der Waals surface area (Å²) >= 11 is 0. The van der Waals surface area contributed by atoms with E-state index < -0.39 is 0 Å². The van der Waals surface area contributed by atoms with Crippen molar-refractivity contribution in [2.24, 2.45) is 0 Å². The average molecular weight is 193 g/mol. The normalized spacial score (nSPS) is 29.1. The first-order chi connectivity index (χ1) is 6.77. The molecule has 2 rings (SSSR count). The van der Waals surface area contributed by atoms with E-state index in [0.717, 1.165) is 26.2 Å². The van der Waals surface area contributed by atoms with Gasteiger partial charge in [0.15, 0.2) is 0 Å². The molecule has 0 aliphatic carbocycles. The molecule has 1 N–H and O–H groups in total. The van der Waals surface area contributed by atoms with E-state index in [1.54, 1.807) is 0 Å². The van der Waals surface area contributed by atoms with Crippen LogP contribution >= 0.6 is 0 Å². The van der Waals surface area contributed by atoms with Gasteiger partial charge >= 0.3 is 0 Å². The zero-order valence-electron chi connectivity index (χ0n) is 9.03. The largest absolute Gasteiger partial charge is 0.361 e. The standard InChI is InChI=1S/C11H19N3/c1-10-3-4-11(13(2)9-10)14-7-5-12-6-8-14/h3-4,9,11-12H,5-8H2,1-2H3. The maximum absolute atomic E-state index is 3.38. The Morgan fingerprint density at radius 3 is 2.71 bits per heavy atom. The van der Waals surface area contributed by atoms with E-state index in [9.17, 15) is 0 Å². The van der Waals surface area contributed by atoms with E-state index in [4.69, 9.17) is 0 Å². The Hall–Kier alpha value is -0.800. The molecule has 3 nitrogen and oxygen atoms in total. The highest BCUT2D eigenvalue weighted by Crippen LogP contribution is 2.15. The minimum atomic E-state index is 0.459. The van der Waals surface area contributed by atoms with Crippen LogP contribution in [0.4, 0.5) is 0 Å².